The number of nitrogens with zero attached hydrogens (tertiary/aromatic N) is 1. The quantitative estimate of drug-likeness (QED) is 0.475. The van der Waals surface area contributed by atoms with Crippen molar-refractivity contribution in [3.8, 4) is 5.75 Å². The average molecular weight is 327 g/mol. The van der Waals surface area contributed by atoms with E-state index in [4.69, 9.17) is 4.74 Å². The Hall–Kier alpha value is -1.61. The highest BCUT2D eigenvalue weighted by Gasteiger charge is 2.48. The molecule has 0 amide bonds. The van der Waals surface area contributed by atoms with Crippen molar-refractivity contribution >= 4 is 5.97 Å². The molecular formula is C21H29NO2. The van der Waals surface area contributed by atoms with Gasteiger partial charge in [-0.05, 0) is 67.8 Å². The second-order valence-electron chi connectivity index (χ2n) is 7.92. The molecule has 1 aliphatic heterocycles. The number of allylic oxidation sites excluding steroid dienone is 1. The summed E-state index contributed by atoms with van der Waals surface area (Å²) in [5.74, 6) is 1.02. The third kappa shape index (κ3) is 3.02. The Balaban J connectivity index is 1.93. The summed E-state index contributed by atoms with van der Waals surface area (Å²) >= 11 is 0. The zero-order valence-electron chi connectivity index (χ0n) is 15.6. The molecule has 3 atom stereocenters. The Morgan fingerprint density at radius 3 is 2.79 bits per heavy atom. The van der Waals surface area contributed by atoms with Crippen molar-refractivity contribution < 1.29 is 9.53 Å². The first-order chi connectivity index (χ1) is 11.3. The predicted octanol–water partition coefficient (Wildman–Crippen LogP) is 4.10. The molecule has 3 heteroatoms. The average Bonchev–Trinajstić information content (AvgIpc) is 2.50. The lowest BCUT2D eigenvalue weighted by molar-refractivity contribution is -0.131. The smallest absolute Gasteiger partial charge is 0.308 e. The van der Waals surface area contributed by atoms with Crippen LogP contribution >= 0.6 is 0 Å². The maximum Gasteiger partial charge on any atom is 0.308 e. The SMILES string of the molecule is CC(=O)Oc1ccc2c(c1)C1(C)CCN(CC=C(C)C)C(C2)C1C. The fourth-order valence-electron chi connectivity index (χ4n) is 4.44. The molecule has 1 aromatic carbocycles. The molecule has 0 saturated carbocycles. The van der Waals surface area contributed by atoms with E-state index >= 15 is 0 Å². The highest BCUT2D eigenvalue weighted by atomic mass is 16.5. The van der Waals surface area contributed by atoms with Crippen LogP contribution in [0.4, 0.5) is 0 Å². The Bertz CT molecular complexity index is 674. The number of benzene rings is 1. The molecular weight excluding hydrogens is 298 g/mol. The maximum atomic E-state index is 11.3. The summed E-state index contributed by atoms with van der Waals surface area (Å²) in [7, 11) is 0. The largest absolute Gasteiger partial charge is 0.427 e. The Labute approximate surface area is 145 Å². The summed E-state index contributed by atoms with van der Waals surface area (Å²) in [6.07, 6.45) is 4.58. The summed E-state index contributed by atoms with van der Waals surface area (Å²) in [5.41, 5.74) is 4.35. The molecule has 1 saturated heterocycles. The molecule has 0 aromatic heterocycles. The summed E-state index contributed by atoms with van der Waals surface area (Å²) in [5, 5.41) is 0. The molecule has 2 aliphatic rings. The number of piperidine rings is 1. The number of carbonyl (C=O) groups is 1. The van der Waals surface area contributed by atoms with Crippen LogP contribution in [0.15, 0.2) is 29.8 Å². The highest BCUT2D eigenvalue weighted by Crippen LogP contribution is 2.49. The summed E-state index contributed by atoms with van der Waals surface area (Å²) in [4.78, 5) is 13.9. The first kappa shape index (κ1) is 17.2. The van der Waals surface area contributed by atoms with Crippen LogP contribution < -0.4 is 4.74 Å². The fourth-order valence-corrected chi connectivity index (χ4v) is 4.44. The predicted molar refractivity (Wildman–Crippen MR) is 97.4 cm³/mol. The second kappa shape index (κ2) is 6.36. The van der Waals surface area contributed by atoms with E-state index in [1.807, 2.05) is 6.07 Å². The van der Waals surface area contributed by atoms with E-state index < -0.39 is 0 Å². The summed E-state index contributed by atoms with van der Waals surface area (Å²) in [6, 6.07) is 6.80. The molecule has 1 aliphatic carbocycles. The number of hydrogen-bond donors (Lipinski definition) is 0. The van der Waals surface area contributed by atoms with Gasteiger partial charge in [-0.3, -0.25) is 9.69 Å². The minimum absolute atomic E-state index is 0.163. The second-order valence-corrected chi connectivity index (χ2v) is 7.92. The Morgan fingerprint density at radius 2 is 2.12 bits per heavy atom. The number of hydrogen-bond acceptors (Lipinski definition) is 3. The number of ether oxygens (including phenoxy) is 1. The van der Waals surface area contributed by atoms with Gasteiger partial charge in [-0.25, -0.2) is 0 Å². The van der Waals surface area contributed by atoms with Crippen molar-refractivity contribution in [2.24, 2.45) is 5.92 Å². The van der Waals surface area contributed by atoms with Crippen molar-refractivity contribution in [2.45, 2.75) is 58.9 Å². The molecule has 3 rings (SSSR count). The van der Waals surface area contributed by atoms with Crippen molar-refractivity contribution in [2.75, 3.05) is 13.1 Å². The molecule has 1 heterocycles. The van der Waals surface area contributed by atoms with Crippen LogP contribution in [-0.4, -0.2) is 30.0 Å². The molecule has 2 bridgehead atoms. The van der Waals surface area contributed by atoms with Crippen molar-refractivity contribution in [1.29, 1.82) is 0 Å². The molecule has 0 radical (unpaired) electrons. The minimum atomic E-state index is -0.252. The molecule has 0 spiro atoms. The fraction of sp³-hybridized carbons (Fsp3) is 0.571. The summed E-state index contributed by atoms with van der Waals surface area (Å²) < 4.78 is 5.33. The lowest BCUT2D eigenvalue weighted by atomic mass is 9.59. The molecule has 3 nitrogen and oxygen atoms in total. The topological polar surface area (TPSA) is 29.5 Å². The van der Waals surface area contributed by atoms with E-state index in [1.165, 1.54) is 23.6 Å². The van der Waals surface area contributed by atoms with E-state index in [0.717, 1.165) is 25.9 Å². The van der Waals surface area contributed by atoms with Gasteiger partial charge in [0.25, 0.3) is 0 Å². The third-order valence-electron chi connectivity index (χ3n) is 6.09. The first-order valence-electron chi connectivity index (χ1n) is 9.00. The molecule has 24 heavy (non-hydrogen) atoms. The van der Waals surface area contributed by atoms with Crippen molar-refractivity contribution in [3.05, 3.63) is 41.0 Å². The van der Waals surface area contributed by atoms with Gasteiger partial charge in [-0.15, -0.1) is 0 Å². The van der Waals surface area contributed by atoms with Gasteiger partial charge in [0, 0.05) is 19.5 Å². The van der Waals surface area contributed by atoms with Crippen LogP contribution in [-0.2, 0) is 16.6 Å². The summed E-state index contributed by atoms with van der Waals surface area (Å²) in [6.45, 7) is 12.8. The monoisotopic (exact) mass is 327 g/mol. The van der Waals surface area contributed by atoms with E-state index in [1.54, 1.807) is 0 Å². The lowest BCUT2D eigenvalue weighted by Crippen LogP contribution is -2.57. The first-order valence-corrected chi connectivity index (χ1v) is 9.00. The lowest BCUT2D eigenvalue weighted by Gasteiger charge is -2.54. The van der Waals surface area contributed by atoms with Crippen LogP contribution in [0, 0.1) is 5.92 Å². The van der Waals surface area contributed by atoms with Gasteiger partial charge >= 0.3 is 5.97 Å². The minimum Gasteiger partial charge on any atom is -0.427 e. The van der Waals surface area contributed by atoms with Crippen molar-refractivity contribution in [3.63, 3.8) is 0 Å². The van der Waals surface area contributed by atoms with Gasteiger partial charge in [-0.1, -0.05) is 31.6 Å². The van der Waals surface area contributed by atoms with Crippen LogP contribution in [0.2, 0.25) is 0 Å². The van der Waals surface area contributed by atoms with Gasteiger partial charge in [0.15, 0.2) is 0 Å². The maximum absolute atomic E-state index is 11.3. The standard InChI is InChI=1S/C21H29NO2/c1-14(2)8-10-22-11-9-21(5)15(3)20(22)12-17-6-7-18(13-19(17)21)24-16(4)23/h6-8,13,15,20H,9-12H2,1-5H3. The van der Waals surface area contributed by atoms with E-state index in [-0.39, 0.29) is 11.4 Å². The Morgan fingerprint density at radius 1 is 1.38 bits per heavy atom. The van der Waals surface area contributed by atoms with E-state index in [9.17, 15) is 4.79 Å². The zero-order valence-corrected chi connectivity index (χ0v) is 15.6. The van der Waals surface area contributed by atoms with Crippen LogP contribution in [0.3, 0.4) is 0 Å². The van der Waals surface area contributed by atoms with Gasteiger partial charge < -0.3 is 4.74 Å². The normalized spacial score (nSPS) is 28.9. The van der Waals surface area contributed by atoms with E-state index in [2.05, 4.69) is 50.8 Å². The molecule has 1 fully saturated rings. The highest BCUT2D eigenvalue weighted by molar-refractivity contribution is 5.69. The number of esters is 1. The van der Waals surface area contributed by atoms with Gasteiger partial charge in [0.2, 0.25) is 0 Å². The van der Waals surface area contributed by atoms with Gasteiger partial charge in [0.05, 0.1) is 0 Å². The molecule has 3 unspecified atom stereocenters. The van der Waals surface area contributed by atoms with Crippen LogP contribution in [0.25, 0.3) is 0 Å². The number of likely N-dealkylation sites (tertiary alicyclic amines) is 1. The van der Waals surface area contributed by atoms with Gasteiger partial charge in [0.1, 0.15) is 5.75 Å². The molecule has 130 valence electrons. The van der Waals surface area contributed by atoms with E-state index in [0.29, 0.717) is 17.7 Å². The zero-order chi connectivity index (χ0) is 17.5. The Kier molecular flexibility index (Phi) is 4.56. The molecule has 1 aromatic rings. The molecule has 0 N–H and O–H groups in total. The number of fused-ring (bicyclic) bond motifs is 4. The van der Waals surface area contributed by atoms with Crippen LogP contribution in [0.5, 0.6) is 5.75 Å². The number of rotatable bonds is 3. The van der Waals surface area contributed by atoms with Gasteiger partial charge in [-0.2, -0.15) is 0 Å². The third-order valence-corrected chi connectivity index (χ3v) is 6.09. The van der Waals surface area contributed by atoms with Crippen LogP contribution in [0.1, 0.15) is 52.2 Å². The van der Waals surface area contributed by atoms with Crippen molar-refractivity contribution in [1.82, 2.24) is 4.90 Å². The number of carbonyl (C=O) groups excluding carboxylic acids is 1.